The van der Waals surface area contributed by atoms with Crippen LogP contribution >= 0.6 is 0 Å². The van der Waals surface area contributed by atoms with Gasteiger partial charge in [0, 0.05) is 24.8 Å². The van der Waals surface area contributed by atoms with Crippen molar-refractivity contribution in [3.63, 3.8) is 0 Å². The lowest BCUT2D eigenvalue weighted by Crippen LogP contribution is -2.36. The molecule has 1 aliphatic rings. The molecule has 1 N–H and O–H groups in total. The van der Waals surface area contributed by atoms with Gasteiger partial charge in [0.1, 0.15) is 0 Å². The van der Waals surface area contributed by atoms with Crippen molar-refractivity contribution in [2.75, 3.05) is 24.5 Å². The third kappa shape index (κ3) is 3.26. The first-order valence-corrected chi connectivity index (χ1v) is 7.23. The van der Waals surface area contributed by atoms with Gasteiger partial charge < -0.3 is 10.2 Å². The van der Waals surface area contributed by atoms with Crippen LogP contribution in [0.25, 0.3) is 0 Å². The molecule has 0 radical (unpaired) electrons. The Morgan fingerprint density at radius 1 is 1.28 bits per heavy atom. The smallest absolute Gasteiger partial charge is 0.0402 e. The van der Waals surface area contributed by atoms with E-state index >= 15 is 0 Å². The van der Waals surface area contributed by atoms with Crippen LogP contribution in [0.5, 0.6) is 0 Å². The summed E-state index contributed by atoms with van der Waals surface area (Å²) in [6, 6.07) is 9.46. The zero-order valence-corrected chi connectivity index (χ0v) is 11.9. The third-order valence-corrected chi connectivity index (χ3v) is 3.78. The van der Waals surface area contributed by atoms with Crippen LogP contribution < -0.4 is 10.2 Å². The maximum Gasteiger partial charge on any atom is 0.0402 e. The van der Waals surface area contributed by atoms with Gasteiger partial charge >= 0.3 is 0 Å². The van der Waals surface area contributed by atoms with E-state index in [-0.39, 0.29) is 0 Å². The first-order chi connectivity index (χ1) is 8.68. The minimum absolute atomic E-state index is 0.647. The molecule has 1 aromatic carbocycles. The van der Waals surface area contributed by atoms with Gasteiger partial charge in [-0.15, -0.1) is 0 Å². The molecule has 18 heavy (non-hydrogen) atoms. The molecule has 0 saturated carbocycles. The molecule has 1 aromatic rings. The van der Waals surface area contributed by atoms with E-state index in [1.165, 1.54) is 24.1 Å². The maximum absolute atomic E-state index is 3.55. The predicted octanol–water partition coefficient (Wildman–Crippen LogP) is 3.07. The molecule has 0 amide bonds. The molecule has 0 aromatic heterocycles. The molecule has 0 fully saturated rings. The zero-order valence-electron chi connectivity index (χ0n) is 11.9. The van der Waals surface area contributed by atoms with E-state index < -0.39 is 0 Å². The van der Waals surface area contributed by atoms with Crippen LogP contribution in [0.3, 0.4) is 0 Å². The molecule has 1 unspecified atom stereocenters. The molecule has 0 bridgehead atoms. The van der Waals surface area contributed by atoms with Crippen LogP contribution in [0.2, 0.25) is 0 Å². The second-order valence-electron chi connectivity index (χ2n) is 5.81. The van der Waals surface area contributed by atoms with E-state index in [0.717, 1.165) is 25.6 Å². The van der Waals surface area contributed by atoms with Crippen molar-refractivity contribution in [3.05, 3.63) is 29.8 Å². The number of nitrogens with zero attached hydrogens (tertiary/aromatic N) is 1. The summed E-state index contributed by atoms with van der Waals surface area (Å²) in [4.78, 5) is 2.54. The molecule has 1 heterocycles. The predicted molar refractivity (Wildman–Crippen MR) is 79.3 cm³/mol. The summed E-state index contributed by atoms with van der Waals surface area (Å²) >= 11 is 0. The fraction of sp³-hybridized carbons (Fsp3) is 0.625. The monoisotopic (exact) mass is 246 g/mol. The molecule has 1 atom stereocenters. The highest BCUT2D eigenvalue weighted by Gasteiger charge is 2.24. The molecule has 100 valence electrons. The summed E-state index contributed by atoms with van der Waals surface area (Å²) in [6.07, 6.45) is 2.47. The molecule has 2 rings (SSSR count). The largest absolute Gasteiger partial charge is 0.367 e. The van der Waals surface area contributed by atoms with Gasteiger partial charge in [0.15, 0.2) is 0 Å². The van der Waals surface area contributed by atoms with Crippen molar-refractivity contribution < 1.29 is 0 Å². The highest BCUT2D eigenvalue weighted by molar-refractivity contribution is 5.59. The average molecular weight is 246 g/mol. The van der Waals surface area contributed by atoms with Crippen LogP contribution in [0.1, 0.15) is 32.8 Å². The van der Waals surface area contributed by atoms with Gasteiger partial charge in [-0.3, -0.25) is 0 Å². The normalized spacial score (nSPS) is 18.4. The highest BCUT2D eigenvalue weighted by atomic mass is 15.2. The molecular formula is C16H26N2. The number of hydrogen-bond donors (Lipinski definition) is 1. The quantitative estimate of drug-likeness (QED) is 0.776. The van der Waals surface area contributed by atoms with Gasteiger partial charge in [-0.1, -0.05) is 32.0 Å². The summed E-state index contributed by atoms with van der Waals surface area (Å²) < 4.78 is 0. The first-order valence-electron chi connectivity index (χ1n) is 7.23. The van der Waals surface area contributed by atoms with Gasteiger partial charge in [-0.2, -0.15) is 0 Å². The van der Waals surface area contributed by atoms with Gasteiger partial charge in [-0.05, 0) is 43.9 Å². The number of anilines is 1. The van der Waals surface area contributed by atoms with Crippen LogP contribution in [0.4, 0.5) is 5.69 Å². The molecule has 0 spiro atoms. The lowest BCUT2D eigenvalue weighted by molar-refractivity contribution is 0.532. The van der Waals surface area contributed by atoms with E-state index in [0.29, 0.717) is 6.04 Å². The van der Waals surface area contributed by atoms with Gasteiger partial charge in [0.05, 0.1) is 0 Å². The minimum Gasteiger partial charge on any atom is -0.367 e. The van der Waals surface area contributed by atoms with E-state index in [1.807, 2.05) is 0 Å². The number of fused-ring (bicyclic) bond motifs is 1. The molecular weight excluding hydrogens is 220 g/mol. The van der Waals surface area contributed by atoms with Crippen molar-refractivity contribution >= 4 is 5.69 Å². The summed E-state index contributed by atoms with van der Waals surface area (Å²) in [5.41, 5.74) is 2.95. The Morgan fingerprint density at radius 3 is 2.83 bits per heavy atom. The lowest BCUT2D eigenvalue weighted by Gasteiger charge is -2.25. The molecule has 2 heteroatoms. The fourth-order valence-corrected chi connectivity index (χ4v) is 2.69. The summed E-state index contributed by atoms with van der Waals surface area (Å²) in [5, 5.41) is 3.55. The Morgan fingerprint density at radius 2 is 2.06 bits per heavy atom. The van der Waals surface area contributed by atoms with Crippen molar-refractivity contribution in [2.45, 2.75) is 39.7 Å². The van der Waals surface area contributed by atoms with Crippen LogP contribution in [-0.2, 0) is 6.42 Å². The molecule has 0 aliphatic carbocycles. The van der Waals surface area contributed by atoms with Gasteiger partial charge in [0.2, 0.25) is 0 Å². The number of hydrogen-bond acceptors (Lipinski definition) is 2. The minimum atomic E-state index is 0.647. The van der Waals surface area contributed by atoms with Gasteiger partial charge in [-0.25, -0.2) is 0 Å². The lowest BCUT2D eigenvalue weighted by atomic mass is 10.1. The van der Waals surface area contributed by atoms with Crippen LogP contribution in [0.15, 0.2) is 24.3 Å². The second kappa shape index (κ2) is 6.24. The first kappa shape index (κ1) is 13.4. The molecule has 1 aliphatic heterocycles. The number of nitrogens with one attached hydrogen (secondary N) is 1. The summed E-state index contributed by atoms with van der Waals surface area (Å²) in [7, 11) is 0. The third-order valence-electron chi connectivity index (χ3n) is 3.78. The van der Waals surface area contributed by atoms with Crippen molar-refractivity contribution in [2.24, 2.45) is 5.92 Å². The Hall–Kier alpha value is -1.02. The number of rotatable bonds is 6. The maximum atomic E-state index is 3.55. The number of benzene rings is 1. The zero-order chi connectivity index (χ0) is 13.0. The average Bonchev–Trinajstić information content (AvgIpc) is 2.65. The standard InChI is InChI=1S/C16H26N2/c1-13(2)8-9-17-10-11-18-14(3)12-15-6-4-5-7-16(15)18/h4-7,13-14,17H,8-12H2,1-3H3. The molecule has 2 nitrogen and oxygen atoms in total. The summed E-state index contributed by atoms with van der Waals surface area (Å²) in [5.74, 6) is 0.795. The highest BCUT2D eigenvalue weighted by Crippen LogP contribution is 2.30. The van der Waals surface area contributed by atoms with Crippen LogP contribution in [0, 0.1) is 5.92 Å². The van der Waals surface area contributed by atoms with Crippen molar-refractivity contribution in [1.82, 2.24) is 5.32 Å². The number of para-hydroxylation sites is 1. The van der Waals surface area contributed by atoms with Gasteiger partial charge in [0.25, 0.3) is 0 Å². The van der Waals surface area contributed by atoms with Crippen molar-refractivity contribution in [1.29, 1.82) is 0 Å². The Bertz CT molecular complexity index is 373. The molecule has 0 saturated heterocycles. The van der Waals surface area contributed by atoms with Crippen LogP contribution in [-0.4, -0.2) is 25.7 Å². The topological polar surface area (TPSA) is 15.3 Å². The van der Waals surface area contributed by atoms with E-state index in [4.69, 9.17) is 0 Å². The summed E-state index contributed by atoms with van der Waals surface area (Å²) in [6.45, 7) is 10.2. The van der Waals surface area contributed by atoms with E-state index in [2.05, 4.69) is 55.3 Å². The second-order valence-corrected chi connectivity index (χ2v) is 5.81. The Labute approximate surface area is 111 Å². The van der Waals surface area contributed by atoms with Crippen molar-refractivity contribution in [3.8, 4) is 0 Å². The van der Waals surface area contributed by atoms with E-state index in [9.17, 15) is 0 Å². The van der Waals surface area contributed by atoms with E-state index in [1.54, 1.807) is 0 Å². The SMILES string of the molecule is CC(C)CCNCCN1c2ccccc2CC1C. The Balaban J connectivity index is 1.79. The fourth-order valence-electron chi connectivity index (χ4n) is 2.69. The Kier molecular flexibility index (Phi) is 4.65.